The first-order valence-corrected chi connectivity index (χ1v) is 4.10. The highest BCUT2D eigenvalue weighted by Gasteiger charge is 1.99. The Morgan fingerprint density at radius 2 is 1.92 bits per heavy atom. The Morgan fingerprint density at radius 1 is 1.17 bits per heavy atom. The highest BCUT2D eigenvalue weighted by Crippen LogP contribution is 2.12. The van der Waals surface area contributed by atoms with Gasteiger partial charge >= 0.3 is 0 Å². The molecule has 2 N–H and O–H groups in total. The van der Waals surface area contributed by atoms with Crippen LogP contribution in [0.5, 0.6) is 0 Å². The van der Waals surface area contributed by atoms with Crippen LogP contribution in [0.25, 0.3) is 0 Å². The first-order valence-electron chi connectivity index (χ1n) is 4.10. The molecule has 1 heterocycles. The molecule has 0 aromatic heterocycles. The molecule has 3 heteroatoms. The zero-order chi connectivity index (χ0) is 8.81. The molecule has 0 saturated heterocycles. The van der Waals surface area contributed by atoms with Crippen LogP contribution in [0.2, 0.25) is 0 Å². The van der Waals surface area contributed by atoms with Crippen molar-refractivity contribution in [2.45, 2.75) is 13.8 Å². The fourth-order valence-corrected chi connectivity index (χ4v) is 0.918. The first-order chi connectivity index (χ1) is 5.97. The molecule has 2 rings (SSSR count). The minimum atomic E-state index is 1.07. The first kappa shape index (κ1) is 8.59. The molecule has 0 unspecified atom stereocenters. The van der Waals surface area contributed by atoms with E-state index < -0.39 is 0 Å². The van der Waals surface area contributed by atoms with Gasteiger partial charge in [-0.05, 0) is 6.07 Å². The summed E-state index contributed by atoms with van der Waals surface area (Å²) in [5.74, 6) is 0. The van der Waals surface area contributed by atoms with Crippen LogP contribution < -0.4 is 11.0 Å². The zero-order valence-corrected chi connectivity index (χ0v) is 7.33. The average Bonchev–Trinajstić information content (AvgIpc) is 2.21. The number of hydrogen-bond donors (Lipinski definition) is 2. The zero-order valence-electron chi connectivity index (χ0n) is 7.33. The molecular weight excluding hydrogens is 150 g/mol. The number of hydrogen-bond acceptors (Lipinski definition) is 3. The van der Waals surface area contributed by atoms with Crippen LogP contribution in [0, 0.1) is 0 Å². The highest BCUT2D eigenvalue weighted by molar-refractivity contribution is 5.88. The third-order valence-corrected chi connectivity index (χ3v) is 1.42. The third kappa shape index (κ3) is 1.75. The van der Waals surface area contributed by atoms with E-state index in [0.717, 1.165) is 11.3 Å². The molecule has 1 aromatic carbocycles. The summed E-state index contributed by atoms with van der Waals surface area (Å²) in [7, 11) is 0. The van der Waals surface area contributed by atoms with Crippen LogP contribution in [0.4, 0.5) is 5.69 Å². The molecule has 1 aromatic rings. The SMILES string of the molecule is C1=NNNc2ccccc21.CC. The predicted molar refractivity (Wildman–Crippen MR) is 52.1 cm³/mol. The number of hydrazine groups is 1. The van der Waals surface area contributed by atoms with Gasteiger partial charge in [-0.25, -0.2) is 5.53 Å². The molecular formula is C9H13N3. The summed E-state index contributed by atoms with van der Waals surface area (Å²) in [6, 6.07) is 7.96. The van der Waals surface area contributed by atoms with Gasteiger partial charge in [-0.15, -0.1) is 0 Å². The van der Waals surface area contributed by atoms with Crippen molar-refractivity contribution in [2.75, 3.05) is 5.43 Å². The van der Waals surface area contributed by atoms with E-state index in [1.807, 2.05) is 38.1 Å². The number of nitrogens with one attached hydrogen (secondary N) is 2. The smallest absolute Gasteiger partial charge is 0.0644 e. The molecule has 0 fully saturated rings. The van der Waals surface area contributed by atoms with Crippen LogP contribution in [-0.2, 0) is 0 Å². The van der Waals surface area contributed by atoms with Gasteiger partial charge in [0.2, 0.25) is 0 Å². The van der Waals surface area contributed by atoms with Gasteiger partial charge in [0, 0.05) is 5.56 Å². The lowest BCUT2D eigenvalue weighted by Gasteiger charge is -2.11. The van der Waals surface area contributed by atoms with Gasteiger partial charge in [-0.1, -0.05) is 32.0 Å². The molecule has 0 amide bonds. The number of nitrogens with zero attached hydrogens (tertiary/aromatic N) is 1. The normalized spacial score (nSPS) is 11.5. The molecule has 12 heavy (non-hydrogen) atoms. The summed E-state index contributed by atoms with van der Waals surface area (Å²) >= 11 is 0. The van der Waals surface area contributed by atoms with Crippen molar-refractivity contribution >= 4 is 11.9 Å². The standard InChI is InChI=1S/C7H7N3.C2H6/c1-2-4-7-6(3-1)5-8-10-9-7;1-2/h1-5,9-10H;1-2H3. The van der Waals surface area contributed by atoms with Crippen LogP contribution in [0.15, 0.2) is 29.4 Å². The lowest BCUT2D eigenvalue weighted by Crippen LogP contribution is -2.19. The highest BCUT2D eigenvalue weighted by atomic mass is 15.6. The minimum Gasteiger partial charge on any atom is -0.285 e. The molecule has 0 radical (unpaired) electrons. The lowest BCUT2D eigenvalue weighted by atomic mass is 10.2. The van der Waals surface area contributed by atoms with Crippen molar-refractivity contribution in [3.63, 3.8) is 0 Å². The van der Waals surface area contributed by atoms with E-state index in [4.69, 9.17) is 0 Å². The maximum atomic E-state index is 3.83. The Labute approximate surface area is 72.5 Å². The number of rotatable bonds is 0. The van der Waals surface area contributed by atoms with Crippen LogP contribution in [0.1, 0.15) is 19.4 Å². The van der Waals surface area contributed by atoms with E-state index in [1.165, 1.54) is 0 Å². The molecule has 0 spiro atoms. The Bertz CT molecular complexity index is 268. The molecule has 0 saturated carbocycles. The van der Waals surface area contributed by atoms with E-state index in [0.29, 0.717) is 0 Å². The van der Waals surface area contributed by atoms with Crippen molar-refractivity contribution in [2.24, 2.45) is 5.10 Å². The van der Waals surface area contributed by atoms with Crippen molar-refractivity contribution in [3.8, 4) is 0 Å². The minimum absolute atomic E-state index is 1.07. The second-order valence-corrected chi connectivity index (χ2v) is 2.08. The van der Waals surface area contributed by atoms with Gasteiger partial charge in [-0.3, -0.25) is 5.43 Å². The van der Waals surface area contributed by atoms with Gasteiger partial charge < -0.3 is 0 Å². The van der Waals surface area contributed by atoms with Gasteiger partial charge in [0.25, 0.3) is 0 Å². The fourth-order valence-electron chi connectivity index (χ4n) is 0.918. The molecule has 0 atom stereocenters. The number of hydrazone groups is 1. The van der Waals surface area contributed by atoms with E-state index >= 15 is 0 Å². The summed E-state index contributed by atoms with van der Waals surface area (Å²) in [5.41, 5.74) is 7.75. The van der Waals surface area contributed by atoms with E-state index in [-0.39, 0.29) is 0 Å². The Kier molecular flexibility index (Phi) is 3.14. The molecule has 0 bridgehead atoms. The summed E-state index contributed by atoms with van der Waals surface area (Å²) < 4.78 is 0. The number of anilines is 1. The number of benzene rings is 1. The van der Waals surface area contributed by atoms with Gasteiger partial charge in [0.15, 0.2) is 0 Å². The monoisotopic (exact) mass is 163 g/mol. The van der Waals surface area contributed by atoms with Gasteiger partial charge in [0.1, 0.15) is 0 Å². The molecule has 1 aliphatic heterocycles. The molecule has 1 aliphatic rings. The van der Waals surface area contributed by atoms with Crippen molar-refractivity contribution in [1.29, 1.82) is 0 Å². The quantitative estimate of drug-likeness (QED) is 0.613. The summed E-state index contributed by atoms with van der Waals surface area (Å²) in [6.07, 6.45) is 1.78. The van der Waals surface area contributed by atoms with Crippen molar-refractivity contribution < 1.29 is 0 Å². The lowest BCUT2D eigenvalue weighted by molar-refractivity contribution is 0.872. The van der Waals surface area contributed by atoms with Crippen molar-refractivity contribution in [1.82, 2.24) is 5.53 Å². The summed E-state index contributed by atoms with van der Waals surface area (Å²) in [5, 5.41) is 3.83. The maximum Gasteiger partial charge on any atom is 0.0644 e. The average molecular weight is 163 g/mol. The van der Waals surface area contributed by atoms with E-state index in [9.17, 15) is 0 Å². The topological polar surface area (TPSA) is 36.4 Å². The summed E-state index contributed by atoms with van der Waals surface area (Å²) in [4.78, 5) is 0. The summed E-state index contributed by atoms with van der Waals surface area (Å²) in [6.45, 7) is 4.00. The molecule has 0 aliphatic carbocycles. The number of para-hydroxylation sites is 1. The molecule has 3 nitrogen and oxygen atoms in total. The largest absolute Gasteiger partial charge is 0.285 e. The predicted octanol–water partition coefficient (Wildman–Crippen LogP) is 1.98. The Hall–Kier alpha value is -1.51. The van der Waals surface area contributed by atoms with Crippen LogP contribution in [-0.4, -0.2) is 6.21 Å². The van der Waals surface area contributed by atoms with Gasteiger partial charge in [-0.2, -0.15) is 5.10 Å². The van der Waals surface area contributed by atoms with E-state index in [2.05, 4.69) is 16.1 Å². The van der Waals surface area contributed by atoms with Crippen LogP contribution >= 0.6 is 0 Å². The second-order valence-electron chi connectivity index (χ2n) is 2.08. The van der Waals surface area contributed by atoms with E-state index in [1.54, 1.807) is 6.21 Å². The number of fused-ring (bicyclic) bond motifs is 1. The Morgan fingerprint density at radius 3 is 2.67 bits per heavy atom. The second kappa shape index (κ2) is 4.38. The van der Waals surface area contributed by atoms with Gasteiger partial charge in [0.05, 0.1) is 11.9 Å². The molecule has 64 valence electrons. The van der Waals surface area contributed by atoms with Crippen molar-refractivity contribution in [3.05, 3.63) is 29.8 Å². The maximum absolute atomic E-state index is 3.83. The van der Waals surface area contributed by atoms with Crippen LogP contribution in [0.3, 0.4) is 0 Å². The Balaban J connectivity index is 0.000000336. The fraction of sp³-hybridized carbons (Fsp3) is 0.222. The third-order valence-electron chi connectivity index (χ3n) is 1.42.